The van der Waals surface area contributed by atoms with Crippen LogP contribution >= 0.6 is 11.8 Å². The highest BCUT2D eigenvalue weighted by molar-refractivity contribution is 7.98. The van der Waals surface area contributed by atoms with Crippen LogP contribution in [-0.2, 0) is 12.8 Å². The van der Waals surface area contributed by atoms with Crippen LogP contribution in [0.1, 0.15) is 5.82 Å². The van der Waals surface area contributed by atoms with Gasteiger partial charge in [-0.25, -0.2) is 0 Å². The Morgan fingerprint density at radius 3 is 2.61 bits per heavy atom. The molecular weight excluding hydrogens is 376 g/mol. The van der Waals surface area contributed by atoms with Gasteiger partial charge in [0.1, 0.15) is 5.82 Å². The summed E-state index contributed by atoms with van der Waals surface area (Å²) in [5.74, 6) is 1.72. The van der Waals surface area contributed by atoms with Crippen molar-refractivity contribution in [1.29, 1.82) is 0 Å². The van der Waals surface area contributed by atoms with Crippen molar-refractivity contribution in [3.8, 4) is 5.69 Å². The maximum Gasteiger partial charge on any atom is 0.262 e. The SMILES string of the molecule is Cn1c(=O)c2ccccc2n2c(CSc3nnnn3-c3ccccc3)nnc12. The molecule has 0 radical (unpaired) electrons. The predicted molar refractivity (Wildman–Crippen MR) is 104 cm³/mol. The van der Waals surface area contributed by atoms with E-state index in [0.29, 0.717) is 22.1 Å². The number of tetrazole rings is 1. The van der Waals surface area contributed by atoms with Crippen molar-refractivity contribution in [2.45, 2.75) is 10.9 Å². The fraction of sp³-hybridized carbons (Fsp3) is 0.111. The van der Waals surface area contributed by atoms with Crippen molar-refractivity contribution < 1.29 is 0 Å². The number of benzene rings is 2. The van der Waals surface area contributed by atoms with Gasteiger partial charge in [0.2, 0.25) is 10.9 Å². The van der Waals surface area contributed by atoms with Gasteiger partial charge in [0.05, 0.1) is 22.3 Å². The highest BCUT2D eigenvalue weighted by Gasteiger charge is 2.16. The predicted octanol–water partition coefficient (Wildman–Crippen LogP) is 1.85. The second-order valence-corrected chi connectivity index (χ2v) is 7.07. The van der Waals surface area contributed by atoms with Crippen molar-refractivity contribution in [3.63, 3.8) is 0 Å². The number of para-hydroxylation sites is 2. The first-order chi connectivity index (χ1) is 13.7. The van der Waals surface area contributed by atoms with E-state index in [9.17, 15) is 4.79 Å². The molecule has 3 aromatic heterocycles. The van der Waals surface area contributed by atoms with Crippen molar-refractivity contribution in [2.75, 3.05) is 0 Å². The number of nitrogens with zero attached hydrogens (tertiary/aromatic N) is 8. The number of hydrogen-bond donors (Lipinski definition) is 0. The summed E-state index contributed by atoms with van der Waals surface area (Å²) in [5.41, 5.74) is 1.57. The summed E-state index contributed by atoms with van der Waals surface area (Å²) in [7, 11) is 1.70. The second-order valence-electron chi connectivity index (χ2n) is 6.13. The summed E-state index contributed by atoms with van der Waals surface area (Å²) in [6.45, 7) is 0. The van der Waals surface area contributed by atoms with Crippen LogP contribution in [0.4, 0.5) is 0 Å². The number of aryl methyl sites for hydroxylation is 1. The molecule has 0 spiro atoms. The average molecular weight is 390 g/mol. The first kappa shape index (κ1) is 16.6. The summed E-state index contributed by atoms with van der Waals surface area (Å²) in [5, 5.41) is 21.8. The number of thioether (sulfide) groups is 1. The van der Waals surface area contributed by atoms with E-state index in [1.807, 2.05) is 59.0 Å². The molecule has 0 saturated heterocycles. The van der Waals surface area contributed by atoms with Crippen molar-refractivity contribution >= 4 is 28.4 Å². The number of rotatable bonds is 4. The van der Waals surface area contributed by atoms with E-state index in [-0.39, 0.29) is 5.56 Å². The van der Waals surface area contributed by atoms with E-state index in [1.54, 1.807) is 11.7 Å². The number of aromatic nitrogens is 8. The molecule has 0 atom stereocenters. The first-order valence-corrected chi connectivity index (χ1v) is 9.51. The Morgan fingerprint density at radius 1 is 0.964 bits per heavy atom. The van der Waals surface area contributed by atoms with Gasteiger partial charge in [-0.15, -0.1) is 15.3 Å². The Morgan fingerprint density at radius 2 is 1.75 bits per heavy atom. The molecule has 5 aromatic rings. The lowest BCUT2D eigenvalue weighted by atomic mass is 10.2. The van der Waals surface area contributed by atoms with Crippen molar-refractivity contribution in [1.82, 2.24) is 39.4 Å². The maximum atomic E-state index is 12.5. The fourth-order valence-electron chi connectivity index (χ4n) is 3.11. The smallest absolute Gasteiger partial charge is 0.262 e. The molecule has 2 aromatic carbocycles. The van der Waals surface area contributed by atoms with Gasteiger partial charge in [-0.3, -0.25) is 13.8 Å². The Hall–Kier alpha value is -3.53. The van der Waals surface area contributed by atoms with Crippen molar-refractivity contribution in [2.24, 2.45) is 7.05 Å². The standard InChI is InChI=1S/C18H14N8OS/c1-24-16(27)13-9-5-6-10-14(13)25-15(19-20-17(24)25)11-28-18-21-22-23-26(18)12-7-3-2-4-8-12/h2-10H,11H2,1H3. The fourth-order valence-corrected chi connectivity index (χ4v) is 3.92. The van der Waals surface area contributed by atoms with Gasteiger partial charge in [0, 0.05) is 7.05 Å². The molecule has 0 aliphatic heterocycles. The molecule has 0 bridgehead atoms. The molecule has 138 valence electrons. The van der Waals surface area contributed by atoms with Gasteiger partial charge in [0.15, 0.2) is 0 Å². The third kappa shape index (κ3) is 2.57. The Kier molecular flexibility index (Phi) is 3.90. The molecular formula is C18H14N8OS. The molecule has 0 N–H and O–H groups in total. The lowest BCUT2D eigenvalue weighted by molar-refractivity contribution is 0.756. The monoisotopic (exact) mass is 390 g/mol. The molecule has 0 unspecified atom stereocenters. The minimum atomic E-state index is -0.0947. The third-order valence-corrected chi connectivity index (χ3v) is 5.38. The first-order valence-electron chi connectivity index (χ1n) is 8.52. The minimum Gasteiger partial charge on any atom is -0.279 e. The van der Waals surface area contributed by atoms with Crippen LogP contribution in [0.25, 0.3) is 22.4 Å². The third-order valence-electron chi connectivity index (χ3n) is 4.47. The molecule has 5 rings (SSSR count). The zero-order valence-electron chi connectivity index (χ0n) is 14.8. The van der Waals surface area contributed by atoms with E-state index in [0.717, 1.165) is 17.0 Å². The quantitative estimate of drug-likeness (QED) is 0.432. The molecule has 28 heavy (non-hydrogen) atoms. The van der Waals surface area contributed by atoms with Crippen LogP contribution in [-0.4, -0.2) is 39.4 Å². The highest BCUT2D eigenvalue weighted by Crippen LogP contribution is 2.23. The molecule has 10 heteroatoms. The molecule has 0 saturated carbocycles. The lowest BCUT2D eigenvalue weighted by Gasteiger charge is -2.07. The minimum absolute atomic E-state index is 0.0947. The van der Waals surface area contributed by atoms with E-state index in [2.05, 4.69) is 25.7 Å². The molecule has 0 aliphatic carbocycles. The summed E-state index contributed by atoms with van der Waals surface area (Å²) >= 11 is 1.46. The zero-order chi connectivity index (χ0) is 19.1. The largest absolute Gasteiger partial charge is 0.279 e. The average Bonchev–Trinajstić information content (AvgIpc) is 3.38. The van der Waals surface area contributed by atoms with Gasteiger partial charge < -0.3 is 0 Å². The van der Waals surface area contributed by atoms with Crippen molar-refractivity contribution in [3.05, 3.63) is 70.8 Å². The zero-order valence-corrected chi connectivity index (χ0v) is 15.6. The van der Waals surface area contributed by atoms with Gasteiger partial charge >= 0.3 is 0 Å². The van der Waals surface area contributed by atoms with E-state index in [1.165, 1.54) is 16.3 Å². The Bertz CT molecular complexity index is 1350. The molecule has 0 amide bonds. The molecule has 0 fully saturated rings. The topological polar surface area (TPSA) is 95.8 Å². The highest BCUT2D eigenvalue weighted by atomic mass is 32.2. The summed E-state index contributed by atoms with van der Waals surface area (Å²) in [6.07, 6.45) is 0. The van der Waals surface area contributed by atoms with Gasteiger partial charge in [-0.05, 0) is 34.7 Å². The van der Waals surface area contributed by atoms with Gasteiger partial charge in [-0.1, -0.05) is 42.1 Å². The number of hydrogen-bond acceptors (Lipinski definition) is 7. The summed E-state index contributed by atoms with van der Waals surface area (Å²) < 4.78 is 5.10. The normalized spacial score (nSPS) is 11.5. The lowest BCUT2D eigenvalue weighted by Crippen LogP contribution is -2.20. The Balaban J connectivity index is 1.56. The Labute approximate surface area is 162 Å². The molecule has 3 heterocycles. The summed E-state index contributed by atoms with van der Waals surface area (Å²) in [6, 6.07) is 17.1. The van der Waals surface area contributed by atoms with E-state index < -0.39 is 0 Å². The summed E-state index contributed by atoms with van der Waals surface area (Å²) in [4.78, 5) is 12.5. The van der Waals surface area contributed by atoms with Crippen LogP contribution in [0.5, 0.6) is 0 Å². The van der Waals surface area contributed by atoms with Crippen LogP contribution in [0.3, 0.4) is 0 Å². The second kappa shape index (κ2) is 6.57. The van der Waals surface area contributed by atoms with Crippen LogP contribution < -0.4 is 5.56 Å². The molecule has 0 aliphatic rings. The molecule has 9 nitrogen and oxygen atoms in total. The van der Waals surface area contributed by atoms with E-state index in [4.69, 9.17) is 0 Å². The van der Waals surface area contributed by atoms with Crippen LogP contribution in [0.2, 0.25) is 0 Å². The van der Waals surface area contributed by atoms with Gasteiger partial charge in [-0.2, -0.15) is 4.68 Å². The van der Waals surface area contributed by atoms with Crippen LogP contribution in [0.15, 0.2) is 64.5 Å². The van der Waals surface area contributed by atoms with Crippen LogP contribution in [0, 0.1) is 0 Å². The number of fused-ring (bicyclic) bond motifs is 3. The van der Waals surface area contributed by atoms with E-state index >= 15 is 0 Å². The van der Waals surface area contributed by atoms with Gasteiger partial charge in [0.25, 0.3) is 5.56 Å². The maximum absolute atomic E-state index is 12.5.